The van der Waals surface area contributed by atoms with Gasteiger partial charge in [-0.05, 0) is 42.9 Å². The van der Waals surface area contributed by atoms with E-state index in [9.17, 15) is 4.39 Å². The van der Waals surface area contributed by atoms with Gasteiger partial charge in [-0.2, -0.15) is 0 Å². The molecule has 114 valence electrons. The van der Waals surface area contributed by atoms with Gasteiger partial charge in [0.05, 0.1) is 7.11 Å². The molecule has 0 bridgehead atoms. The molecule has 1 unspecified atom stereocenters. The number of rotatable bonds is 8. The number of aliphatic hydroxyl groups excluding tert-OH is 1. The van der Waals surface area contributed by atoms with Crippen LogP contribution in [0.3, 0.4) is 0 Å². The maximum absolute atomic E-state index is 13.4. The van der Waals surface area contributed by atoms with Gasteiger partial charge in [-0.15, -0.1) is 0 Å². The monoisotopic (exact) mass is 283 g/mol. The number of aliphatic hydroxyl groups is 1. The summed E-state index contributed by atoms with van der Waals surface area (Å²) in [6.45, 7) is 7.47. The number of hydrogen-bond acceptors (Lipinski definition) is 3. The van der Waals surface area contributed by atoms with Crippen LogP contribution in [0.1, 0.15) is 45.2 Å². The van der Waals surface area contributed by atoms with Crippen molar-refractivity contribution in [3.8, 4) is 5.75 Å². The van der Waals surface area contributed by atoms with Crippen LogP contribution in [0.4, 0.5) is 4.39 Å². The molecule has 0 aliphatic carbocycles. The minimum absolute atomic E-state index is 0.123. The Bertz CT molecular complexity index is 421. The smallest absolute Gasteiger partial charge is 0.165 e. The molecule has 0 saturated heterocycles. The molecule has 0 aliphatic heterocycles. The van der Waals surface area contributed by atoms with Crippen LogP contribution in [0.2, 0.25) is 0 Å². The number of nitrogens with one attached hydrogen (secondary N) is 1. The molecule has 3 nitrogen and oxygen atoms in total. The van der Waals surface area contributed by atoms with Crippen LogP contribution in [0.15, 0.2) is 18.2 Å². The second-order valence-corrected chi connectivity index (χ2v) is 5.99. The number of methoxy groups -OCH3 is 1. The van der Waals surface area contributed by atoms with E-state index in [2.05, 4.69) is 26.1 Å². The zero-order valence-corrected chi connectivity index (χ0v) is 12.9. The maximum atomic E-state index is 13.4. The molecule has 0 spiro atoms. The first-order valence-electron chi connectivity index (χ1n) is 7.07. The Kier molecular flexibility index (Phi) is 6.43. The molecular formula is C16H26FNO2. The van der Waals surface area contributed by atoms with E-state index >= 15 is 0 Å². The third-order valence-electron chi connectivity index (χ3n) is 3.57. The summed E-state index contributed by atoms with van der Waals surface area (Å²) in [5.41, 5.74) is 1.13. The highest BCUT2D eigenvalue weighted by Crippen LogP contribution is 2.25. The summed E-state index contributed by atoms with van der Waals surface area (Å²) in [4.78, 5) is 0. The molecule has 1 aromatic carbocycles. The highest BCUT2D eigenvalue weighted by Gasteiger charge is 2.19. The molecule has 0 aromatic heterocycles. The van der Waals surface area contributed by atoms with Crippen molar-refractivity contribution in [3.05, 3.63) is 29.6 Å². The first kappa shape index (κ1) is 16.9. The Morgan fingerprint density at radius 2 is 2.10 bits per heavy atom. The van der Waals surface area contributed by atoms with Crippen molar-refractivity contribution in [1.82, 2.24) is 5.32 Å². The summed E-state index contributed by atoms with van der Waals surface area (Å²) < 4.78 is 18.4. The molecule has 2 N–H and O–H groups in total. The number of halogens is 1. The summed E-state index contributed by atoms with van der Waals surface area (Å²) >= 11 is 0. The minimum Gasteiger partial charge on any atom is -0.494 e. The van der Waals surface area contributed by atoms with E-state index in [0.29, 0.717) is 0 Å². The van der Waals surface area contributed by atoms with E-state index in [1.54, 1.807) is 12.1 Å². The highest BCUT2D eigenvalue weighted by molar-refractivity contribution is 5.31. The van der Waals surface area contributed by atoms with Crippen LogP contribution in [0, 0.1) is 11.2 Å². The van der Waals surface area contributed by atoms with Gasteiger partial charge in [0.25, 0.3) is 0 Å². The average molecular weight is 283 g/mol. The van der Waals surface area contributed by atoms with Crippen molar-refractivity contribution >= 4 is 0 Å². The van der Waals surface area contributed by atoms with Crippen LogP contribution in [0.25, 0.3) is 0 Å². The molecule has 0 heterocycles. The molecule has 1 rings (SSSR count). The minimum atomic E-state index is -0.341. The molecule has 0 saturated carbocycles. The van der Waals surface area contributed by atoms with Crippen molar-refractivity contribution in [2.24, 2.45) is 5.41 Å². The van der Waals surface area contributed by atoms with Crippen LogP contribution < -0.4 is 10.1 Å². The predicted octanol–water partition coefficient (Wildman–Crippen LogP) is 3.28. The van der Waals surface area contributed by atoms with Crippen molar-refractivity contribution in [2.45, 2.75) is 39.7 Å². The van der Waals surface area contributed by atoms with Gasteiger partial charge in [0.1, 0.15) is 0 Å². The first-order valence-corrected chi connectivity index (χ1v) is 7.07. The van der Waals surface area contributed by atoms with E-state index < -0.39 is 0 Å². The molecule has 20 heavy (non-hydrogen) atoms. The van der Waals surface area contributed by atoms with Crippen LogP contribution >= 0.6 is 0 Å². The quantitative estimate of drug-likeness (QED) is 0.769. The lowest BCUT2D eigenvalue weighted by Crippen LogP contribution is -2.31. The van der Waals surface area contributed by atoms with E-state index in [-0.39, 0.29) is 29.6 Å². The maximum Gasteiger partial charge on any atom is 0.165 e. The lowest BCUT2D eigenvalue weighted by molar-refractivity contribution is 0.233. The molecule has 1 atom stereocenters. The average Bonchev–Trinajstić information content (AvgIpc) is 2.43. The normalized spacial score (nSPS) is 13.3. The first-order chi connectivity index (χ1) is 9.39. The van der Waals surface area contributed by atoms with Crippen LogP contribution in [-0.2, 0) is 0 Å². The van der Waals surface area contributed by atoms with E-state index in [0.717, 1.165) is 24.9 Å². The van der Waals surface area contributed by atoms with Gasteiger partial charge in [-0.3, -0.25) is 0 Å². The molecule has 0 amide bonds. The van der Waals surface area contributed by atoms with Gasteiger partial charge < -0.3 is 15.2 Å². The van der Waals surface area contributed by atoms with E-state index in [1.165, 1.54) is 13.2 Å². The molecule has 4 heteroatoms. The second kappa shape index (κ2) is 7.60. The van der Waals surface area contributed by atoms with Crippen molar-refractivity contribution < 1.29 is 14.2 Å². The van der Waals surface area contributed by atoms with E-state index in [1.807, 2.05) is 0 Å². The second-order valence-electron chi connectivity index (χ2n) is 5.99. The Hall–Kier alpha value is -1.13. The molecule has 0 radical (unpaired) electrons. The molecule has 0 fully saturated rings. The number of ether oxygens (including phenoxy) is 1. The van der Waals surface area contributed by atoms with Crippen LogP contribution in [0.5, 0.6) is 5.75 Å². The molecular weight excluding hydrogens is 257 g/mol. The molecule has 1 aromatic rings. The third kappa shape index (κ3) is 5.10. The molecule has 0 aliphatic rings. The summed E-state index contributed by atoms with van der Waals surface area (Å²) in [5, 5.41) is 12.4. The highest BCUT2D eigenvalue weighted by atomic mass is 19.1. The fourth-order valence-electron chi connectivity index (χ4n) is 2.14. The fourth-order valence-corrected chi connectivity index (χ4v) is 2.14. The fraction of sp³-hybridized carbons (Fsp3) is 0.625. The Morgan fingerprint density at radius 3 is 2.70 bits per heavy atom. The van der Waals surface area contributed by atoms with Gasteiger partial charge in [-0.25, -0.2) is 4.39 Å². The van der Waals surface area contributed by atoms with Crippen LogP contribution in [-0.4, -0.2) is 25.4 Å². The zero-order chi connectivity index (χ0) is 15.2. The largest absolute Gasteiger partial charge is 0.494 e. The summed E-state index contributed by atoms with van der Waals surface area (Å²) in [5.74, 6) is -0.0672. The van der Waals surface area contributed by atoms with E-state index in [4.69, 9.17) is 9.84 Å². The topological polar surface area (TPSA) is 41.5 Å². The standard InChI is InChI=1S/C16H26FNO2/c1-12(18-11-16(2,3)8-5-9-19)13-6-7-14(17)15(10-13)20-4/h6-7,10,12,18-19H,5,8-9,11H2,1-4H3. The SMILES string of the molecule is COc1cc(C(C)NCC(C)(C)CCCO)ccc1F. The zero-order valence-electron chi connectivity index (χ0n) is 12.9. The van der Waals surface area contributed by atoms with Crippen molar-refractivity contribution in [2.75, 3.05) is 20.3 Å². The van der Waals surface area contributed by atoms with Gasteiger partial charge in [0, 0.05) is 19.2 Å². The lowest BCUT2D eigenvalue weighted by Gasteiger charge is -2.27. The van der Waals surface area contributed by atoms with Gasteiger partial charge in [0.2, 0.25) is 0 Å². The Labute approximate surface area is 121 Å². The Morgan fingerprint density at radius 1 is 1.40 bits per heavy atom. The lowest BCUT2D eigenvalue weighted by atomic mass is 9.87. The summed E-state index contributed by atoms with van der Waals surface area (Å²) in [6.07, 6.45) is 1.78. The Balaban J connectivity index is 2.60. The number of benzene rings is 1. The summed E-state index contributed by atoms with van der Waals surface area (Å²) in [7, 11) is 1.47. The summed E-state index contributed by atoms with van der Waals surface area (Å²) in [6, 6.07) is 5.06. The third-order valence-corrected chi connectivity index (χ3v) is 3.57. The van der Waals surface area contributed by atoms with Gasteiger partial charge in [-0.1, -0.05) is 19.9 Å². The number of hydrogen-bond donors (Lipinski definition) is 2. The van der Waals surface area contributed by atoms with Gasteiger partial charge >= 0.3 is 0 Å². The van der Waals surface area contributed by atoms with Crippen molar-refractivity contribution in [1.29, 1.82) is 0 Å². The van der Waals surface area contributed by atoms with Gasteiger partial charge in [0.15, 0.2) is 11.6 Å². The predicted molar refractivity (Wildman–Crippen MR) is 79.5 cm³/mol. The van der Waals surface area contributed by atoms with Crippen molar-refractivity contribution in [3.63, 3.8) is 0 Å².